The molecule has 2 aromatic rings. The first kappa shape index (κ1) is 16.1. The molecule has 3 rings (SSSR count). The van der Waals surface area contributed by atoms with E-state index in [-0.39, 0.29) is 0 Å². The largest absolute Gasteiger partial charge is 0.495 e. The number of methoxy groups -OCH3 is 1. The molecule has 4 nitrogen and oxygen atoms in total. The van der Waals surface area contributed by atoms with E-state index in [4.69, 9.17) is 13.9 Å². The normalized spacial score (nSPS) is 15.3. The molecule has 0 saturated carbocycles. The van der Waals surface area contributed by atoms with Gasteiger partial charge in [0.25, 0.3) is 0 Å². The van der Waals surface area contributed by atoms with Crippen LogP contribution in [0.3, 0.4) is 0 Å². The van der Waals surface area contributed by atoms with E-state index in [1.165, 1.54) is 6.07 Å². The molecule has 0 aliphatic carbocycles. The van der Waals surface area contributed by atoms with E-state index < -0.39 is 11.2 Å². The lowest BCUT2D eigenvalue weighted by Gasteiger charge is -2.30. The van der Waals surface area contributed by atoms with E-state index in [0.29, 0.717) is 22.6 Å². The Bertz CT molecular complexity index is 942. The molecule has 1 aliphatic rings. The zero-order valence-corrected chi connectivity index (χ0v) is 14.3. The highest BCUT2D eigenvalue weighted by Crippen LogP contribution is 2.45. The van der Waals surface area contributed by atoms with Crippen molar-refractivity contribution in [1.29, 1.82) is 0 Å². The molecule has 0 atom stereocenters. The average molecular weight is 324 g/mol. The van der Waals surface area contributed by atoms with Crippen molar-refractivity contribution >= 4 is 23.1 Å². The van der Waals surface area contributed by atoms with Gasteiger partial charge in [0.15, 0.2) is 5.58 Å². The van der Waals surface area contributed by atoms with Crippen molar-refractivity contribution in [2.24, 2.45) is 0 Å². The molecular weight excluding hydrogens is 304 g/mol. The number of hydrogen-bond donors (Lipinski definition) is 0. The van der Waals surface area contributed by atoms with Crippen LogP contribution in [-0.2, 0) is 0 Å². The van der Waals surface area contributed by atoms with Crippen molar-refractivity contribution in [3.63, 3.8) is 0 Å². The second kappa shape index (κ2) is 5.71. The fraction of sp³-hybridized carbons (Fsp3) is 0.250. The molecular formula is C20H20O4. The minimum absolute atomic E-state index is 0.417. The summed E-state index contributed by atoms with van der Waals surface area (Å²) >= 11 is 0. The Morgan fingerprint density at radius 2 is 2.08 bits per heavy atom. The standard InChI is InChI=1S/C20H20O4/c1-12(2)6-7-13-17(22-5)15-10-11-20(3,4)24-19(15)14-8-9-16(21)23-18(13)14/h6-11H,1H2,2-5H3/b7-6-. The number of ether oxygens (including phenoxy) is 2. The van der Waals surface area contributed by atoms with Crippen molar-refractivity contribution in [2.75, 3.05) is 7.11 Å². The molecule has 1 aromatic heterocycles. The molecule has 0 amide bonds. The third kappa shape index (κ3) is 2.75. The van der Waals surface area contributed by atoms with Crippen molar-refractivity contribution < 1.29 is 13.9 Å². The van der Waals surface area contributed by atoms with E-state index in [9.17, 15) is 4.79 Å². The summed E-state index contributed by atoms with van der Waals surface area (Å²) in [4.78, 5) is 11.8. The Kier molecular flexibility index (Phi) is 3.84. The SMILES string of the molecule is C=C(C)/C=C\c1c(OC)c2c(c3ccc(=O)oc13)OC(C)(C)C=C2. The van der Waals surface area contributed by atoms with Gasteiger partial charge in [-0.25, -0.2) is 4.79 Å². The van der Waals surface area contributed by atoms with Gasteiger partial charge in [-0.05, 0) is 45.1 Å². The van der Waals surface area contributed by atoms with E-state index in [0.717, 1.165) is 16.5 Å². The summed E-state index contributed by atoms with van der Waals surface area (Å²) in [5, 5.41) is 0.740. The van der Waals surface area contributed by atoms with E-state index >= 15 is 0 Å². The van der Waals surface area contributed by atoms with Crippen LogP contribution >= 0.6 is 0 Å². The summed E-state index contributed by atoms with van der Waals surface area (Å²) in [5.74, 6) is 1.27. The van der Waals surface area contributed by atoms with Crippen molar-refractivity contribution in [3.05, 3.63) is 58.0 Å². The molecule has 1 aromatic carbocycles. The Balaban J connectivity index is 2.44. The van der Waals surface area contributed by atoms with Crippen LogP contribution in [0, 0.1) is 0 Å². The summed E-state index contributed by atoms with van der Waals surface area (Å²) in [6.45, 7) is 9.71. The molecule has 1 aliphatic heterocycles. The lowest BCUT2D eigenvalue weighted by atomic mass is 9.96. The third-order valence-corrected chi connectivity index (χ3v) is 3.81. The van der Waals surface area contributed by atoms with Gasteiger partial charge >= 0.3 is 5.63 Å². The average Bonchev–Trinajstić information content (AvgIpc) is 2.51. The van der Waals surface area contributed by atoms with Gasteiger partial charge in [0.1, 0.15) is 17.1 Å². The first-order valence-corrected chi connectivity index (χ1v) is 7.72. The van der Waals surface area contributed by atoms with Crippen LogP contribution in [0.1, 0.15) is 31.9 Å². The third-order valence-electron chi connectivity index (χ3n) is 3.81. The predicted octanol–water partition coefficient (Wildman–Crippen LogP) is 4.58. The molecule has 0 unspecified atom stereocenters. The van der Waals surface area contributed by atoms with Crippen LogP contribution in [0.15, 0.2) is 45.6 Å². The maximum Gasteiger partial charge on any atom is 0.336 e. The van der Waals surface area contributed by atoms with E-state index in [2.05, 4.69) is 6.58 Å². The number of benzene rings is 1. The lowest BCUT2D eigenvalue weighted by molar-refractivity contribution is 0.160. The molecule has 24 heavy (non-hydrogen) atoms. The first-order valence-electron chi connectivity index (χ1n) is 7.72. The summed E-state index contributed by atoms with van der Waals surface area (Å²) in [6.07, 6.45) is 7.67. The number of hydrogen-bond acceptors (Lipinski definition) is 4. The fourth-order valence-corrected chi connectivity index (χ4v) is 2.73. The van der Waals surface area contributed by atoms with Crippen LogP contribution < -0.4 is 15.1 Å². The van der Waals surface area contributed by atoms with Gasteiger partial charge in [-0.15, -0.1) is 0 Å². The van der Waals surface area contributed by atoms with Crippen LogP contribution in [0.5, 0.6) is 11.5 Å². The second-order valence-corrected chi connectivity index (χ2v) is 6.41. The molecule has 0 radical (unpaired) electrons. The predicted molar refractivity (Wildman–Crippen MR) is 96.6 cm³/mol. The summed E-state index contributed by atoms with van der Waals surface area (Å²) in [5.41, 5.74) is 1.99. The van der Waals surface area contributed by atoms with Crippen LogP contribution in [0.2, 0.25) is 0 Å². The van der Waals surface area contributed by atoms with Crippen molar-refractivity contribution in [2.45, 2.75) is 26.4 Å². The second-order valence-electron chi connectivity index (χ2n) is 6.41. The molecule has 124 valence electrons. The maximum atomic E-state index is 11.8. The van der Waals surface area contributed by atoms with Crippen molar-refractivity contribution in [3.8, 4) is 11.5 Å². The van der Waals surface area contributed by atoms with Gasteiger partial charge in [-0.2, -0.15) is 0 Å². The van der Waals surface area contributed by atoms with Gasteiger partial charge < -0.3 is 13.9 Å². The minimum Gasteiger partial charge on any atom is -0.495 e. The topological polar surface area (TPSA) is 48.7 Å². The van der Waals surface area contributed by atoms with Gasteiger partial charge in [-0.1, -0.05) is 18.2 Å². The van der Waals surface area contributed by atoms with Crippen LogP contribution in [-0.4, -0.2) is 12.7 Å². The quantitative estimate of drug-likeness (QED) is 0.613. The molecule has 0 bridgehead atoms. The molecule has 0 N–H and O–H groups in total. The van der Waals surface area contributed by atoms with E-state index in [1.54, 1.807) is 13.2 Å². The molecule has 0 fully saturated rings. The lowest BCUT2D eigenvalue weighted by Crippen LogP contribution is -2.28. The fourth-order valence-electron chi connectivity index (χ4n) is 2.73. The maximum absolute atomic E-state index is 11.8. The highest BCUT2D eigenvalue weighted by atomic mass is 16.5. The zero-order valence-electron chi connectivity index (χ0n) is 14.3. The highest BCUT2D eigenvalue weighted by Gasteiger charge is 2.28. The molecule has 4 heteroatoms. The van der Waals surface area contributed by atoms with Gasteiger partial charge in [-0.3, -0.25) is 0 Å². The van der Waals surface area contributed by atoms with E-state index in [1.807, 2.05) is 45.1 Å². The van der Waals surface area contributed by atoms with Gasteiger partial charge in [0.2, 0.25) is 0 Å². The Morgan fingerprint density at radius 1 is 1.33 bits per heavy atom. The molecule has 0 saturated heterocycles. The first-order chi connectivity index (χ1) is 11.3. The van der Waals surface area contributed by atoms with Crippen molar-refractivity contribution in [1.82, 2.24) is 0 Å². The summed E-state index contributed by atoms with van der Waals surface area (Å²) in [7, 11) is 1.59. The number of fused-ring (bicyclic) bond motifs is 3. The molecule has 0 spiro atoms. The molecule has 2 heterocycles. The summed E-state index contributed by atoms with van der Waals surface area (Å²) in [6, 6.07) is 3.13. The Labute approximate surface area is 140 Å². The van der Waals surface area contributed by atoms with Gasteiger partial charge in [0, 0.05) is 6.07 Å². The Hall–Kier alpha value is -2.75. The van der Waals surface area contributed by atoms with Crippen LogP contribution in [0.4, 0.5) is 0 Å². The van der Waals surface area contributed by atoms with Gasteiger partial charge in [0.05, 0.1) is 23.6 Å². The number of allylic oxidation sites excluding steroid dienone is 2. The monoisotopic (exact) mass is 324 g/mol. The minimum atomic E-state index is -0.448. The smallest absolute Gasteiger partial charge is 0.336 e. The Morgan fingerprint density at radius 3 is 2.75 bits per heavy atom. The highest BCUT2D eigenvalue weighted by molar-refractivity contribution is 5.98. The number of rotatable bonds is 3. The van der Waals surface area contributed by atoms with Crippen LogP contribution in [0.25, 0.3) is 23.1 Å². The zero-order chi connectivity index (χ0) is 17.5. The summed E-state index contributed by atoms with van der Waals surface area (Å²) < 4.78 is 17.2.